The van der Waals surface area contributed by atoms with Gasteiger partial charge in [0.15, 0.2) is 6.61 Å². The number of carbonyl (C=O) groups excluding carboxylic acids is 1. The Kier molecular flexibility index (Phi) is 6.89. The molecule has 1 amide bonds. The predicted molar refractivity (Wildman–Crippen MR) is 84.7 cm³/mol. The Balaban J connectivity index is 2.36. The maximum atomic E-state index is 11.8. The molecule has 0 fully saturated rings. The highest BCUT2D eigenvalue weighted by atomic mass is 16.5. The molecule has 1 aromatic carbocycles. The number of nitrogens with one attached hydrogen (secondary N) is 1. The maximum absolute atomic E-state index is 11.8. The van der Waals surface area contributed by atoms with Gasteiger partial charge in [0, 0.05) is 13.0 Å². The van der Waals surface area contributed by atoms with Crippen LogP contribution < -0.4 is 10.1 Å². The first-order valence-electron chi connectivity index (χ1n) is 7.46. The zero-order valence-corrected chi connectivity index (χ0v) is 13.5. The molecule has 1 rings (SSSR count). The van der Waals surface area contributed by atoms with Crippen LogP contribution >= 0.6 is 0 Å². The second-order valence-electron chi connectivity index (χ2n) is 6.52. The van der Waals surface area contributed by atoms with E-state index in [9.17, 15) is 9.59 Å². The average molecular weight is 307 g/mol. The van der Waals surface area contributed by atoms with E-state index in [-0.39, 0.29) is 17.9 Å². The van der Waals surface area contributed by atoms with E-state index in [0.29, 0.717) is 18.7 Å². The molecule has 22 heavy (non-hydrogen) atoms. The van der Waals surface area contributed by atoms with Crippen molar-refractivity contribution in [3.05, 3.63) is 29.8 Å². The molecule has 0 aliphatic rings. The molecule has 0 radical (unpaired) electrons. The summed E-state index contributed by atoms with van der Waals surface area (Å²) in [4.78, 5) is 22.2. The second-order valence-corrected chi connectivity index (χ2v) is 6.52. The van der Waals surface area contributed by atoms with Crippen LogP contribution in [0.15, 0.2) is 24.3 Å². The molecule has 0 aromatic heterocycles. The summed E-state index contributed by atoms with van der Waals surface area (Å²) in [6.07, 6.45) is 2.41. The third-order valence-electron chi connectivity index (χ3n) is 3.08. The molecule has 5 heteroatoms. The van der Waals surface area contributed by atoms with Gasteiger partial charge in [0.1, 0.15) is 5.75 Å². The van der Waals surface area contributed by atoms with Gasteiger partial charge in [-0.3, -0.25) is 4.79 Å². The summed E-state index contributed by atoms with van der Waals surface area (Å²) >= 11 is 0. The van der Waals surface area contributed by atoms with Crippen LogP contribution in [-0.2, 0) is 16.1 Å². The summed E-state index contributed by atoms with van der Waals surface area (Å²) in [6, 6.07) is 7.07. The van der Waals surface area contributed by atoms with Gasteiger partial charge in [0.05, 0.1) is 0 Å². The lowest BCUT2D eigenvalue weighted by Gasteiger charge is -2.17. The number of benzene rings is 1. The number of amides is 1. The first kappa shape index (κ1) is 18.0. The summed E-state index contributed by atoms with van der Waals surface area (Å²) in [5, 5.41) is 11.4. The molecule has 0 saturated carbocycles. The lowest BCUT2D eigenvalue weighted by atomic mass is 9.90. The minimum atomic E-state index is -1.02. The standard InChI is InChI=1S/C17H25NO4/c1-17(2,3)9-5-8-15(19)18-11-13-6-4-7-14(10-13)22-12-16(20)21/h4,6-7,10H,5,8-9,11-12H2,1-3H3,(H,18,19)(H,20,21). The molecule has 0 spiro atoms. The molecule has 0 heterocycles. The van der Waals surface area contributed by atoms with Crippen LogP contribution in [0.2, 0.25) is 0 Å². The van der Waals surface area contributed by atoms with Crippen molar-refractivity contribution in [2.75, 3.05) is 6.61 Å². The van der Waals surface area contributed by atoms with E-state index in [4.69, 9.17) is 9.84 Å². The summed E-state index contributed by atoms with van der Waals surface area (Å²) in [6.45, 7) is 6.52. The molecule has 122 valence electrons. The predicted octanol–water partition coefficient (Wildman–Crippen LogP) is 2.98. The fourth-order valence-electron chi connectivity index (χ4n) is 1.96. The molecule has 0 bridgehead atoms. The Labute approximate surface area is 131 Å². The van der Waals surface area contributed by atoms with E-state index in [0.717, 1.165) is 18.4 Å². The molecule has 0 aliphatic heterocycles. The van der Waals surface area contributed by atoms with Gasteiger partial charge >= 0.3 is 5.97 Å². The van der Waals surface area contributed by atoms with Gasteiger partial charge in [0.2, 0.25) is 5.91 Å². The van der Waals surface area contributed by atoms with E-state index >= 15 is 0 Å². The van der Waals surface area contributed by atoms with E-state index in [2.05, 4.69) is 26.1 Å². The summed E-state index contributed by atoms with van der Waals surface area (Å²) < 4.78 is 5.10. The Morgan fingerprint density at radius 2 is 2.00 bits per heavy atom. The van der Waals surface area contributed by atoms with Gasteiger partial charge in [-0.2, -0.15) is 0 Å². The topological polar surface area (TPSA) is 75.6 Å². The van der Waals surface area contributed by atoms with Crippen molar-refractivity contribution in [2.45, 2.75) is 46.6 Å². The Hall–Kier alpha value is -2.04. The molecule has 0 aliphatic carbocycles. The van der Waals surface area contributed by atoms with Gasteiger partial charge < -0.3 is 15.2 Å². The number of hydrogen-bond donors (Lipinski definition) is 2. The molecule has 1 aromatic rings. The third-order valence-corrected chi connectivity index (χ3v) is 3.08. The molecule has 0 unspecified atom stereocenters. The summed E-state index contributed by atoms with van der Waals surface area (Å²) in [5.41, 5.74) is 1.13. The first-order valence-corrected chi connectivity index (χ1v) is 7.46. The van der Waals surface area contributed by atoms with Crippen LogP contribution in [-0.4, -0.2) is 23.6 Å². The van der Waals surface area contributed by atoms with Crippen molar-refractivity contribution >= 4 is 11.9 Å². The zero-order valence-electron chi connectivity index (χ0n) is 13.5. The van der Waals surface area contributed by atoms with Gasteiger partial charge in [-0.1, -0.05) is 32.9 Å². The lowest BCUT2D eigenvalue weighted by Crippen LogP contribution is -2.22. The largest absolute Gasteiger partial charge is 0.482 e. The molecule has 0 saturated heterocycles. The van der Waals surface area contributed by atoms with E-state index in [1.165, 1.54) is 0 Å². The van der Waals surface area contributed by atoms with Crippen LogP contribution in [0.4, 0.5) is 0 Å². The third kappa shape index (κ3) is 8.29. The number of hydrogen-bond acceptors (Lipinski definition) is 3. The van der Waals surface area contributed by atoms with Crippen LogP contribution in [0.3, 0.4) is 0 Å². The van der Waals surface area contributed by atoms with Crippen molar-refractivity contribution in [3.63, 3.8) is 0 Å². The SMILES string of the molecule is CC(C)(C)CCCC(=O)NCc1cccc(OCC(=O)O)c1. The Bertz CT molecular complexity index is 506. The highest BCUT2D eigenvalue weighted by Crippen LogP contribution is 2.21. The average Bonchev–Trinajstić information content (AvgIpc) is 2.42. The van der Waals surface area contributed by atoms with Gasteiger partial charge in [0.25, 0.3) is 0 Å². The van der Waals surface area contributed by atoms with Crippen LogP contribution in [0, 0.1) is 5.41 Å². The zero-order chi connectivity index (χ0) is 16.6. The highest BCUT2D eigenvalue weighted by molar-refractivity contribution is 5.75. The molecular formula is C17H25NO4. The van der Waals surface area contributed by atoms with E-state index in [1.807, 2.05) is 6.07 Å². The Morgan fingerprint density at radius 1 is 1.27 bits per heavy atom. The summed E-state index contributed by atoms with van der Waals surface area (Å²) in [5.74, 6) is -0.499. The van der Waals surface area contributed by atoms with E-state index < -0.39 is 5.97 Å². The molecule has 2 N–H and O–H groups in total. The fourth-order valence-corrected chi connectivity index (χ4v) is 1.96. The van der Waals surface area contributed by atoms with Crippen LogP contribution in [0.1, 0.15) is 45.6 Å². The molecule has 5 nitrogen and oxygen atoms in total. The fraction of sp³-hybridized carbons (Fsp3) is 0.529. The smallest absolute Gasteiger partial charge is 0.341 e. The van der Waals surface area contributed by atoms with Crippen molar-refractivity contribution in [1.29, 1.82) is 0 Å². The monoisotopic (exact) mass is 307 g/mol. The van der Waals surface area contributed by atoms with Crippen molar-refractivity contribution in [3.8, 4) is 5.75 Å². The highest BCUT2D eigenvalue weighted by Gasteiger charge is 2.11. The first-order chi connectivity index (χ1) is 10.3. The second kappa shape index (κ2) is 8.41. The number of carboxylic acid groups (broad SMARTS) is 1. The van der Waals surface area contributed by atoms with Crippen molar-refractivity contribution in [2.24, 2.45) is 5.41 Å². The van der Waals surface area contributed by atoms with Gasteiger partial charge in [-0.05, 0) is 36.0 Å². The van der Waals surface area contributed by atoms with Crippen molar-refractivity contribution in [1.82, 2.24) is 5.32 Å². The number of aliphatic carboxylic acids is 1. The normalized spacial score (nSPS) is 11.0. The number of carbonyl (C=O) groups is 2. The minimum absolute atomic E-state index is 0.0288. The molecular weight excluding hydrogens is 282 g/mol. The lowest BCUT2D eigenvalue weighted by molar-refractivity contribution is -0.139. The van der Waals surface area contributed by atoms with Crippen molar-refractivity contribution < 1.29 is 19.4 Å². The van der Waals surface area contributed by atoms with Gasteiger partial charge in [-0.25, -0.2) is 4.79 Å². The van der Waals surface area contributed by atoms with Crippen LogP contribution in [0.25, 0.3) is 0 Å². The van der Waals surface area contributed by atoms with Crippen LogP contribution in [0.5, 0.6) is 5.75 Å². The van der Waals surface area contributed by atoms with Gasteiger partial charge in [-0.15, -0.1) is 0 Å². The Morgan fingerprint density at radius 3 is 2.64 bits per heavy atom. The molecule has 0 atom stereocenters. The number of ether oxygens (including phenoxy) is 1. The maximum Gasteiger partial charge on any atom is 0.341 e. The number of carboxylic acids is 1. The number of rotatable bonds is 8. The summed E-state index contributed by atoms with van der Waals surface area (Å²) in [7, 11) is 0. The minimum Gasteiger partial charge on any atom is -0.482 e. The quantitative estimate of drug-likeness (QED) is 0.774. The van der Waals surface area contributed by atoms with E-state index in [1.54, 1.807) is 18.2 Å².